The van der Waals surface area contributed by atoms with Crippen LogP contribution in [0.2, 0.25) is 0 Å². The average molecular weight is 286 g/mol. The first-order valence-corrected chi connectivity index (χ1v) is 6.92. The smallest absolute Gasteiger partial charge is 0.230 e. The van der Waals surface area contributed by atoms with Gasteiger partial charge in [0.05, 0.1) is 20.3 Å². The van der Waals surface area contributed by atoms with Crippen molar-refractivity contribution in [2.24, 2.45) is 0 Å². The standard InChI is InChI=1S/C15H18N4O2/c1-20-14-6-7-16-15(18-14)17-12-2-4-13(5-3-12)19-8-10-21-11-9-19/h2-7H,8-11H2,1H3,(H,16,17,18). The van der Waals surface area contributed by atoms with Gasteiger partial charge in [-0.1, -0.05) is 0 Å². The van der Waals surface area contributed by atoms with Gasteiger partial charge in [0, 0.05) is 36.7 Å². The largest absolute Gasteiger partial charge is 0.481 e. The monoisotopic (exact) mass is 286 g/mol. The molecule has 110 valence electrons. The number of hydrogen-bond acceptors (Lipinski definition) is 6. The zero-order valence-corrected chi connectivity index (χ0v) is 12.0. The molecule has 1 aromatic heterocycles. The van der Waals surface area contributed by atoms with Crippen molar-refractivity contribution in [3.05, 3.63) is 36.5 Å². The van der Waals surface area contributed by atoms with Crippen LogP contribution in [0.1, 0.15) is 0 Å². The molecule has 3 rings (SSSR count). The zero-order chi connectivity index (χ0) is 14.5. The molecule has 6 heteroatoms. The summed E-state index contributed by atoms with van der Waals surface area (Å²) in [7, 11) is 1.59. The molecule has 0 bridgehead atoms. The van der Waals surface area contributed by atoms with E-state index in [0.717, 1.165) is 32.0 Å². The molecule has 1 aromatic carbocycles. The second-order valence-electron chi connectivity index (χ2n) is 4.69. The van der Waals surface area contributed by atoms with E-state index in [9.17, 15) is 0 Å². The lowest BCUT2D eigenvalue weighted by molar-refractivity contribution is 0.122. The highest BCUT2D eigenvalue weighted by molar-refractivity contribution is 5.59. The average Bonchev–Trinajstić information content (AvgIpc) is 2.56. The maximum absolute atomic E-state index is 5.36. The fourth-order valence-corrected chi connectivity index (χ4v) is 2.22. The van der Waals surface area contributed by atoms with Crippen LogP contribution in [0.25, 0.3) is 0 Å². The SMILES string of the molecule is COc1ccnc(Nc2ccc(N3CCOCC3)cc2)n1. The minimum Gasteiger partial charge on any atom is -0.481 e. The Morgan fingerprint density at radius 3 is 2.62 bits per heavy atom. The van der Waals surface area contributed by atoms with Crippen LogP contribution in [0.4, 0.5) is 17.3 Å². The van der Waals surface area contributed by atoms with E-state index in [1.54, 1.807) is 19.4 Å². The molecule has 21 heavy (non-hydrogen) atoms. The van der Waals surface area contributed by atoms with E-state index in [2.05, 4.69) is 32.3 Å². The molecule has 1 aliphatic rings. The van der Waals surface area contributed by atoms with Gasteiger partial charge in [0.15, 0.2) is 0 Å². The van der Waals surface area contributed by atoms with Gasteiger partial charge in [0.25, 0.3) is 0 Å². The summed E-state index contributed by atoms with van der Waals surface area (Å²) in [6, 6.07) is 9.94. The Balaban J connectivity index is 1.68. The molecule has 2 heterocycles. The summed E-state index contributed by atoms with van der Waals surface area (Å²) in [4.78, 5) is 10.7. The van der Waals surface area contributed by atoms with Gasteiger partial charge in [-0.15, -0.1) is 0 Å². The lowest BCUT2D eigenvalue weighted by atomic mass is 10.2. The molecule has 0 unspecified atom stereocenters. The van der Waals surface area contributed by atoms with Gasteiger partial charge in [0.1, 0.15) is 0 Å². The normalized spacial score (nSPS) is 14.8. The first-order chi connectivity index (χ1) is 10.3. The molecule has 6 nitrogen and oxygen atoms in total. The molecule has 0 saturated carbocycles. The molecule has 1 N–H and O–H groups in total. The number of aromatic nitrogens is 2. The van der Waals surface area contributed by atoms with Crippen molar-refractivity contribution in [2.45, 2.75) is 0 Å². The van der Waals surface area contributed by atoms with E-state index in [1.165, 1.54) is 5.69 Å². The van der Waals surface area contributed by atoms with Crippen molar-refractivity contribution in [3.63, 3.8) is 0 Å². The Morgan fingerprint density at radius 2 is 1.90 bits per heavy atom. The van der Waals surface area contributed by atoms with Gasteiger partial charge in [-0.05, 0) is 24.3 Å². The Kier molecular flexibility index (Phi) is 4.16. The molecular weight excluding hydrogens is 268 g/mol. The van der Waals surface area contributed by atoms with E-state index in [1.807, 2.05) is 12.1 Å². The van der Waals surface area contributed by atoms with Crippen molar-refractivity contribution < 1.29 is 9.47 Å². The van der Waals surface area contributed by atoms with Crippen LogP contribution in [0.3, 0.4) is 0 Å². The molecule has 0 radical (unpaired) electrons. The molecular formula is C15H18N4O2. The van der Waals surface area contributed by atoms with Crippen LogP contribution in [-0.4, -0.2) is 43.4 Å². The molecule has 0 aliphatic carbocycles. The van der Waals surface area contributed by atoms with Crippen LogP contribution >= 0.6 is 0 Å². The molecule has 1 fully saturated rings. The summed E-state index contributed by atoms with van der Waals surface area (Å²) in [5.41, 5.74) is 2.15. The van der Waals surface area contributed by atoms with Gasteiger partial charge in [-0.25, -0.2) is 4.98 Å². The molecule has 0 spiro atoms. The van der Waals surface area contributed by atoms with Crippen molar-refractivity contribution in [2.75, 3.05) is 43.6 Å². The number of rotatable bonds is 4. The maximum Gasteiger partial charge on any atom is 0.230 e. The number of ether oxygens (including phenoxy) is 2. The lowest BCUT2D eigenvalue weighted by Gasteiger charge is -2.28. The van der Waals surface area contributed by atoms with Crippen molar-refractivity contribution >= 4 is 17.3 Å². The Bertz CT molecular complexity index is 582. The highest BCUT2D eigenvalue weighted by Crippen LogP contribution is 2.21. The molecule has 0 amide bonds. The predicted octanol–water partition coefficient (Wildman–Crippen LogP) is 2.07. The topological polar surface area (TPSA) is 59.5 Å². The summed E-state index contributed by atoms with van der Waals surface area (Å²) in [6.45, 7) is 3.45. The Hall–Kier alpha value is -2.34. The Labute approximate surface area is 123 Å². The second kappa shape index (κ2) is 6.41. The first-order valence-electron chi connectivity index (χ1n) is 6.92. The van der Waals surface area contributed by atoms with Gasteiger partial charge in [0.2, 0.25) is 11.8 Å². The third kappa shape index (κ3) is 3.41. The molecule has 1 aliphatic heterocycles. The maximum atomic E-state index is 5.36. The minimum atomic E-state index is 0.522. The lowest BCUT2D eigenvalue weighted by Crippen LogP contribution is -2.36. The number of nitrogens with zero attached hydrogens (tertiary/aromatic N) is 3. The van der Waals surface area contributed by atoms with E-state index in [-0.39, 0.29) is 0 Å². The summed E-state index contributed by atoms with van der Waals surface area (Å²) >= 11 is 0. The van der Waals surface area contributed by atoms with E-state index < -0.39 is 0 Å². The molecule has 1 saturated heterocycles. The number of benzene rings is 1. The van der Waals surface area contributed by atoms with Crippen molar-refractivity contribution in [3.8, 4) is 5.88 Å². The summed E-state index contributed by atoms with van der Waals surface area (Å²) in [5.74, 6) is 1.06. The van der Waals surface area contributed by atoms with E-state index >= 15 is 0 Å². The second-order valence-corrected chi connectivity index (χ2v) is 4.69. The third-order valence-corrected chi connectivity index (χ3v) is 3.34. The van der Waals surface area contributed by atoms with Gasteiger partial charge in [-0.3, -0.25) is 0 Å². The predicted molar refractivity (Wildman–Crippen MR) is 81.3 cm³/mol. The van der Waals surface area contributed by atoms with Crippen molar-refractivity contribution in [1.29, 1.82) is 0 Å². The summed E-state index contributed by atoms with van der Waals surface area (Å²) in [6.07, 6.45) is 1.66. The van der Waals surface area contributed by atoms with Crippen molar-refractivity contribution in [1.82, 2.24) is 9.97 Å². The minimum absolute atomic E-state index is 0.522. The third-order valence-electron chi connectivity index (χ3n) is 3.34. The fourth-order valence-electron chi connectivity index (χ4n) is 2.22. The van der Waals surface area contributed by atoms with Gasteiger partial charge in [-0.2, -0.15) is 4.98 Å². The molecule has 0 atom stereocenters. The number of anilines is 3. The van der Waals surface area contributed by atoms with E-state index in [4.69, 9.17) is 9.47 Å². The number of morpholine rings is 1. The highest BCUT2D eigenvalue weighted by atomic mass is 16.5. The van der Waals surface area contributed by atoms with Crippen LogP contribution in [0.5, 0.6) is 5.88 Å². The van der Waals surface area contributed by atoms with Crippen LogP contribution < -0.4 is 15.0 Å². The van der Waals surface area contributed by atoms with Gasteiger partial charge < -0.3 is 19.7 Å². The molecule has 2 aromatic rings. The first kappa shape index (κ1) is 13.6. The Morgan fingerprint density at radius 1 is 1.14 bits per heavy atom. The summed E-state index contributed by atoms with van der Waals surface area (Å²) in [5, 5.41) is 3.16. The zero-order valence-electron chi connectivity index (χ0n) is 12.0. The summed E-state index contributed by atoms with van der Waals surface area (Å²) < 4.78 is 10.4. The van der Waals surface area contributed by atoms with Gasteiger partial charge >= 0.3 is 0 Å². The number of hydrogen-bond donors (Lipinski definition) is 1. The highest BCUT2D eigenvalue weighted by Gasteiger charge is 2.10. The van der Waals surface area contributed by atoms with E-state index in [0.29, 0.717) is 11.8 Å². The number of nitrogens with one attached hydrogen (secondary N) is 1. The fraction of sp³-hybridized carbons (Fsp3) is 0.333. The number of methoxy groups -OCH3 is 1. The van der Waals surface area contributed by atoms with Crippen LogP contribution in [-0.2, 0) is 4.74 Å². The quantitative estimate of drug-likeness (QED) is 0.928. The van der Waals surface area contributed by atoms with Crippen LogP contribution in [0, 0.1) is 0 Å². The van der Waals surface area contributed by atoms with Crippen LogP contribution in [0.15, 0.2) is 36.5 Å².